The van der Waals surface area contributed by atoms with Crippen LogP contribution in [-0.4, -0.2) is 25.3 Å². The maximum Gasteiger partial charge on any atom is 0.337 e. The standard InChI is InChI=1S/C9H8BrClO4/c1-14-7-5(10)3-4(9(12)13)6(11)8(7)15-2/h3H,1-2H3,(H,12,13). The number of carboxylic acid groups (broad SMARTS) is 1. The zero-order chi connectivity index (χ0) is 11.6. The van der Waals surface area contributed by atoms with Gasteiger partial charge in [-0.05, 0) is 22.0 Å². The Labute approximate surface area is 99.9 Å². The van der Waals surface area contributed by atoms with E-state index in [1.807, 2.05) is 0 Å². The molecule has 0 bridgehead atoms. The van der Waals surface area contributed by atoms with E-state index >= 15 is 0 Å². The van der Waals surface area contributed by atoms with Gasteiger partial charge in [0.05, 0.1) is 24.3 Å². The maximum atomic E-state index is 10.8. The number of hydrogen-bond acceptors (Lipinski definition) is 3. The van der Waals surface area contributed by atoms with Crippen molar-refractivity contribution in [3.05, 3.63) is 21.1 Å². The molecule has 0 saturated heterocycles. The molecule has 0 heterocycles. The lowest BCUT2D eigenvalue weighted by molar-refractivity contribution is 0.0696. The zero-order valence-electron chi connectivity index (χ0n) is 8.01. The minimum Gasteiger partial charge on any atom is -0.492 e. The van der Waals surface area contributed by atoms with Gasteiger partial charge >= 0.3 is 5.97 Å². The van der Waals surface area contributed by atoms with Gasteiger partial charge in [-0.25, -0.2) is 4.79 Å². The zero-order valence-corrected chi connectivity index (χ0v) is 10.3. The molecule has 1 aromatic rings. The molecule has 4 nitrogen and oxygen atoms in total. The molecule has 0 amide bonds. The average Bonchev–Trinajstić information content (AvgIpc) is 2.19. The van der Waals surface area contributed by atoms with Crippen LogP contribution in [0.3, 0.4) is 0 Å². The van der Waals surface area contributed by atoms with E-state index in [9.17, 15) is 4.79 Å². The molecule has 0 fully saturated rings. The summed E-state index contributed by atoms with van der Waals surface area (Å²) in [5.41, 5.74) is -0.0406. The van der Waals surface area contributed by atoms with Crippen molar-refractivity contribution in [3.63, 3.8) is 0 Å². The van der Waals surface area contributed by atoms with Gasteiger partial charge in [0.25, 0.3) is 0 Å². The molecule has 0 spiro atoms. The lowest BCUT2D eigenvalue weighted by Crippen LogP contribution is -2.01. The molecule has 15 heavy (non-hydrogen) atoms. The van der Waals surface area contributed by atoms with Crippen molar-refractivity contribution in [2.45, 2.75) is 0 Å². The molecule has 0 aliphatic heterocycles. The van der Waals surface area contributed by atoms with E-state index in [0.717, 1.165) is 0 Å². The second-order valence-corrected chi connectivity index (χ2v) is 3.82. The molecule has 0 saturated carbocycles. The summed E-state index contributed by atoms with van der Waals surface area (Å²) in [6, 6.07) is 1.37. The lowest BCUT2D eigenvalue weighted by Gasteiger charge is -2.12. The number of carbonyl (C=O) groups is 1. The number of rotatable bonds is 3. The molecule has 6 heteroatoms. The topological polar surface area (TPSA) is 55.8 Å². The first-order chi connectivity index (χ1) is 7.02. The molecule has 82 valence electrons. The van der Waals surface area contributed by atoms with Crippen molar-refractivity contribution in [1.82, 2.24) is 0 Å². The van der Waals surface area contributed by atoms with Crippen molar-refractivity contribution >= 4 is 33.5 Å². The minimum absolute atomic E-state index is 0.0186. The second-order valence-electron chi connectivity index (χ2n) is 2.59. The number of benzene rings is 1. The highest BCUT2D eigenvalue weighted by Gasteiger charge is 2.20. The molecular weight excluding hydrogens is 287 g/mol. The second kappa shape index (κ2) is 4.72. The molecule has 0 aliphatic carbocycles. The van der Waals surface area contributed by atoms with E-state index < -0.39 is 5.97 Å². The predicted octanol–water partition coefficient (Wildman–Crippen LogP) is 2.82. The largest absolute Gasteiger partial charge is 0.492 e. The fourth-order valence-corrected chi connectivity index (χ4v) is 1.98. The van der Waals surface area contributed by atoms with Gasteiger partial charge < -0.3 is 14.6 Å². The summed E-state index contributed by atoms with van der Waals surface area (Å²) in [7, 11) is 2.83. The van der Waals surface area contributed by atoms with Gasteiger partial charge in [0.1, 0.15) is 5.02 Å². The van der Waals surface area contributed by atoms with Gasteiger partial charge in [-0.15, -0.1) is 0 Å². The number of ether oxygens (including phenoxy) is 2. The molecule has 0 aliphatic rings. The quantitative estimate of drug-likeness (QED) is 0.931. The van der Waals surface area contributed by atoms with Crippen LogP contribution in [0.4, 0.5) is 0 Å². The molecule has 0 unspecified atom stereocenters. The van der Waals surface area contributed by atoms with Crippen LogP contribution < -0.4 is 9.47 Å². The minimum atomic E-state index is -1.12. The summed E-state index contributed by atoms with van der Waals surface area (Å²) in [5, 5.41) is 8.89. The number of carboxylic acids is 1. The van der Waals surface area contributed by atoms with Gasteiger partial charge in [0.2, 0.25) is 0 Å². The van der Waals surface area contributed by atoms with Gasteiger partial charge in [-0.2, -0.15) is 0 Å². The van der Waals surface area contributed by atoms with Crippen molar-refractivity contribution < 1.29 is 19.4 Å². The van der Waals surface area contributed by atoms with Crippen LogP contribution in [0.1, 0.15) is 10.4 Å². The third-order valence-corrected chi connectivity index (χ3v) is 2.73. The first kappa shape index (κ1) is 12.1. The number of halogens is 2. The Morgan fingerprint density at radius 1 is 1.40 bits per heavy atom. The van der Waals surface area contributed by atoms with E-state index in [1.165, 1.54) is 20.3 Å². The summed E-state index contributed by atoms with van der Waals surface area (Å²) >= 11 is 9.03. The van der Waals surface area contributed by atoms with Crippen LogP contribution in [0.2, 0.25) is 5.02 Å². The summed E-state index contributed by atoms with van der Waals surface area (Å²) in [6.07, 6.45) is 0. The third-order valence-electron chi connectivity index (χ3n) is 1.77. The van der Waals surface area contributed by atoms with Crippen molar-refractivity contribution in [1.29, 1.82) is 0 Å². The molecule has 0 radical (unpaired) electrons. The molecule has 1 aromatic carbocycles. The highest BCUT2D eigenvalue weighted by atomic mass is 79.9. The smallest absolute Gasteiger partial charge is 0.337 e. The average molecular weight is 296 g/mol. The van der Waals surface area contributed by atoms with E-state index in [1.54, 1.807) is 0 Å². The Morgan fingerprint density at radius 2 is 1.93 bits per heavy atom. The Kier molecular flexibility index (Phi) is 3.82. The van der Waals surface area contributed by atoms with Crippen molar-refractivity contribution in [3.8, 4) is 11.5 Å². The number of aromatic carboxylic acids is 1. The van der Waals surface area contributed by atoms with E-state index in [2.05, 4.69) is 15.9 Å². The van der Waals surface area contributed by atoms with E-state index in [4.69, 9.17) is 26.2 Å². The maximum absolute atomic E-state index is 10.8. The Balaban J connectivity index is 3.51. The Morgan fingerprint density at radius 3 is 2.33 bits per heavy atom. The van der Waals surface area contributed by atoms with Crippen LogP contribution in [-0.2, 0) is 0 Å². The number of hydrogen-bond donors (Lipinski definition) is 1. The molecule has 0 aromatic heterocycles. The molecule has 1 rings (SSSR count). The monoisotopic (exact) mass is 294 g/mol. The number of methoxy groups -OCH3 is 2. The highest BCUT2D eigenvalue weighted by Crippen LogP contribution is 2.42. The van der Waals surface area contributed by atoms with Gasteiger partial charge in [-0.1, -0.05) is 11.6 Å². The Hall–Kier alpha value is -0.940. The SMILES string of the molecule is COc1c(Br)cc(C(=O)O)c(Cl)c1OC. The highest BCUT2D eigenvalue weighted by molar-refractivity contribution is 9.10. The summed E-state index contributed by atoms with van der Waals surface area (Å²) < 4.78 is 10.5. The summed E-state index contributed by atoms with van der Waals surface area (Å²) in [6.45, 7) is 0. The van der Waals surface area contributed by atoms with E-state index in [0.29, 0.717) is 10.2 Å². The van der Waals surface area contributed by atoms with E-state index in [-0.39, 0.29) is 16.3 Å². The van der Waals surface area contributed by atoms with Crippen LogP contribution in [0, 0.1) is 0 Å². The lowest BCUT2D eigenvalue weighted by atomic mass is 10.2. The third kappa shape index (κ3) is 2.18. The first-order valence-electron chi connectivity index (χ1n) is 3.86. The first-order valence-corrected chi connectivity index (χ1v) is 5.03. The summed E-state index contributed by atoms with van der Waals surface area (Å²) in [5.74, 6) is -0.555. The van der Waals surface area contributed by atoms with Crippen LogP contribution in [0.15, 0.2) is 10.5 Å². The molecule has 1 N–H and O–H groups in total. The van der Waals surface area contributed by atoms with Crippen LogP contribution in [0.25, 0.3) is 0 Å². The van der Waals surface area contributed by atoms with Crippen molar-refractivity contribution in [2.75, 3.05) is 14.2 Å². The predicted molar refractivity (Wildman–Crippen MR) is 59.2 cm³/mol. The normalized spacial score (nSPS) is 9.87. The van der Waals surface area contributed by atoms with Gasteiger partial charge in [0, 0.05) is 0 Å². The van der Waals surface area contributed by atoms with Gasteiger partial charge in [0.15, 0.2) is 11.5 Å². The fourth-order valence-electron chi connectivity index (χ4n) is 1.11. The van der Waals surface area contributed by atoms with Crippen LogP contribution >= 0.6 is 27.5 Å². The molecule has 0 atom stereocenters. The van der Waals surface area contributed by atoms with Crippen LogP contribution in [0.5, 0.6) is 11.5 Å². The van der Waals surface area contributed by atoms with Crippen molar-refractivity contribution in [2.24, 2.45) is 0 Å². The Bertz CT molecular complexity index is 406. The fraction of sp³-hybridized carbons (Fsp3) is 0.222. The molecular formula is C9H8BrClO4. The van der Waals surface area contributed by atoms with Gasteiger partial charge in [-0.3, -0.25) is 0 Å². The summed E-state index contributed by atoms with van der Waals surface area (Å²) in [4.78, 5) is 10.8.